The number of pyridine rings is 1. The first-order valence-electron chi connectivity index (χ1n) is 5.67. The average molecular weight is 224 g/mol. The minimum Gasteiger partial charge on any atom is -0.234 e. The van der Waals surface area contributed by atoms with Gasteiger partial charge in [-0.15, -0.1) is 0 Å². The van der Waals surface area contributed by atoms with Crippen molar-refractivity contribution in [3.05, 3.63) is 54.4 Å². The first-order valence-corrected chi connectivity index (χ1v) is 5.67. The molecule has 3 nitrogen and oxygen atoms in total. The van der Waals surface area contributed by atoms with E-state index in [1.54, 1.807) is 0 Å². The molecular formula is C14H14N3+. The van der Waals surface area contributed by atoms with E-state index in [1.807, 2.05) is 49.1 Å². The third-order valence-electron chi connectivity index (χ3n) is 2.99. The summed E-state index contributed by atoms with van der Waals surface area (Å²) in [4.78, 5) is 0. The molecule has 0 amide bonds. The van der Waals surface area contributed by atoms with Gasteiger partial charge in [0, 0.05) is 0 Å². The Hall–Kier alpha value is -2.16. The van der Waals surface area contributed by atoms with Crippen LogP contribution in [0.4, 0.5) is 0 Å². The summed E-state index contributed by atoms with van der Waals surface area (Å²) in [5, 5.41) is 5.81. The minimum absolute atomic E-state index is 1.06. The normalized spacial score (nSPS) is 10.9. The Kier molecular flexibility index (Phi) is 2.18. The van der Waals surface area contributed by atoms with Crippen molar-refractivity contribution in [3.63, 3.8) is 0 Å². The van der Waals surface area contributed by atoms with Gasteiger partial charge >= 0.3 is 5.65 Å². The molecule has 0 saturated carbocycles. The standard InChI is InChI=1S/C14H14N3/c1-11-13-9-6-10-16(2)14(13)17(15-11)12-7-4-3-5-8-12/h3-10H,1-2H3/q+1. The van der Waals surface area contributed by atoms with Gasteiger partial charge in [0.2, 0.25) is 0 Å². The Bertz CT molecular complexity index is 669. The molecule has 1 aromatic carbocycles. The van der Waals surface area contributed by atoms with E-state index in [0.29, 0.717) is 0 Å². The van der Waals surface area contributed by atoms with Gasteiger partial charge in [0.05, 0.1) is 24.3 Å². The van der Waals surface area contributed by atoms with Crippen LogP contribution in [0.2, 0.25) is 0 Å². The van der Waals surface area contributed by atoms with Gasteiger partial charge in [0.25, 0.3) is 0 Å². The lowest BCUT2D eigenvalue weighted by Gasteiger charge is -1.97. The molecule has 84 valence electrons. The summed E-state index contributed by atoms with van der Waals surface area (Å²) in [5.74, 6) is 0. The molecule has 0 radical (unpaired) electrons. The van der Waals surface area contributed by atoms with Crippen LogP contribution < -0.4 is 4.57 Å². The quantitative estimate of drug-likeness (QED) is 0.580. The zero-order chi connectivity index (χ0) is 11.8. The SMILES string of the molecule is Cc1nn(-c2ccccc2)c2c1ccc[n+]2C. The van der Waals surface area contributed by atoms with Gasteiger partial charge in [0.1, 0.15) is 0 Å². The van der Waals surface area contributed by atoms with Crippen LogP contribution in [0.1, 0.15) is 5.69 Å². The predicted octanol–water partition coefficient (Wildman–Crippen LogP) is 2.16. The van der Waals surface area contributed by atoms with Crippen molar-refractivity contribution in [2.24, 2.45) is 7.05 Å². The van der Waals surface area contributed by atoms with Crippen LogP contribution in [-0.2, 0) is 7.05 Å². The second-order valence-electron chi connectivity index (χ2n) is 4.19. The van der Waals surface area contributed by atoms with Crippen molar-refractivity contribution in [2.75, 3.05) is 0 Å². The largest absolute Gasteiger partial charge is 0.316 e. The average Bonchev–Trinajstić information content (AvgIpc) is 2.70. The molecule has 3 aromatic rings. The molecule has 0 aliphatic carbocycles. The van der Waals surface area contributed by atoms with E-state index in [4.69, 9.17) is 0 Å². The molecule has 0 spiro atoms. The molecule has 3 rings (SSSR count). The number of nitrogens with zero attached hydrogens (tertiary/aromatic N) is 3. The highest BCUT2D eigenvalue weighted by Crippen LogP contribution is 2.17. The van der Waals surface area contributed by atoms with Gasteiger partial charge in [0.15, 0.2) is 5.69 Å². The molecule has 2 heterocycles. The highest BCUT2D eigenvalue weighted by molar-refractivity contribution is 5.76. The smallest absolute Gasteiger partial charge is 0.234 e. The lowest BCUT2D eigenvalue weighted by molar-refractivity contribution is -0.647. The van der Waals surface area contributed by atoms with Crippen LogP contribution in [0.15, 0.2) is 48.7 Å². The number of fused-ring (bicyclic) bond motifs is 1. The lowest BCUT2D eigenvalue weighted by Crippen LogP contribution is -2.30. The molecule has 0 saturated heterocycles. The van der Waals surface area contributed by atoms with E-state index in [-0.39, 0.29) is 0 Å². The van der Waals surface area contributed by atoms with Crippen molar-refractivity contribution in [3.8, 4) is 5.69 Å². The highest BCUT2D eigenvalue weighted by atomic mass is 15.3. The van der Waals surface area contributed by atoms with E-state index in [9.17, 15) is 0 Å². The topological polar surface area (TPSA) is 21.7 Å². The third kappa shape index (κ3) is 1.51. The Morgan fingerprint density at radius 3 is 2.59 bits per heavy atom. The molecular weight excluding hydrogens is 210 g/mol. The lowest BCUT2D eigenvalue weighted by atomic mass is 10.3. The molecule has 2 aromatic heterocycles. The predicted molar refractivity (Wildman–Crippen MR) is 67.0 cm³/mol. The van der Waals surface area contributed by atoms with E-state index >= 15 is 0 Å². The molecule has 0 fully saturated rings. The van der Waals surface area contributed by atoms with Crippen LogP contribution in [0, 0.1) is 6.92 Å². The summed E-state index contributed by atoms with van der Waals surface area (Å²) in [6.45, 7) is 2.04. The fourth-order valence-electron chi connectivity index (χ4n) is 2.15. The van der Waals surface area contributed by atoms with Gasteiger partial charge < -0.3 is 0 Å². The van der Waals surface area contributed by atoms with Crippen molar-refractivity contribution in [1.82, 2.24) is 9.78 Å². The molecule has 0 aliphatic heterocycles. The zero-order valence-corrected chi connectivity index (χ0v) is 9.96. The Morgan fingerprint density at radius 2 is 1.82 bits per heavy atom. The summed E-state index contributed by atoms with van der Waals surface area (Å²) >= 11 is 0. The molecule has 0 unspecified atom stereocenters. The van der Waals surface area contributed by atoms with E-state index in [0.717, 1.165) is 17.0 Å². The summed E-state index contributed by atoms with van der Waals surface area (Å²) in [7, 11) is 2.04. The number of aromatic nitrogens is 3. The van der Waals surface area contributed by atoms with Gasteiger partial charge in [-0.05, 0) is 31.2 Å². The van der Waals surface area contributed by atoms with Crippen LogP contribution in [0.25, 0.3) is 16.7 Å². The summed E-state index contributed by atoms with van der Waals surface area (Å²) in [6.07, 6.45) is 2.04. The van der Waals surface area contributed by atoms with Crippen LogP contribution in [0.3, 0.4) is 0 Å². The van der Waals surface area contributed by atoms with Gasteiger partial charge in [-0.25, -0.2) is 4.57 Å². The van der Waals surface area contributed by atoms with E-state index in [1.165, 1.54) is 5.39 Å². The van der Waals surface area contributed by atoms with Gasteiger partial charge in [-0.1, -0.05) is 28.0 Å². The van der Waals surface area contributed by atoms with Crippen molar-refractivity contribution in [2.45, 2.75) is 6.92 Å². The molecule has 0 atom stereocenters. The number of para-hydroxylation sites is 1. The van der Waals surface area contributed by atoms with Crippen LogP contribution in [-0.4, -0.2) is 9.78 Å². The van der Waals surface area contributed by atoms with E-state index in [2.05, 4.69) is 27.9 Å². The molecule has 0 aliphatic rings. The number of hydrogen-bond acceptors (Lipinski definition) is 1. The van der Waals surface area contributed by atoms with Gasteiger partial charge in [-0.2, -0.15) is 0 Å². The maximum absolute atomic E-state index is 4.62. The highest BCUT2D eigenvalue weighted by Gasteiger charge is 2.18. The van der Waals surface area contributed by atoms with E-state index < -0.39 is 0 Å². The summed E-state index contributed by atoms with van der Waals surface area (Å²) in [6, 6.07) is 14.4. The first kappa shape index (κ1) is 10.0. The monoisotopic (exact) mass is 224 g/mol. The fraction of sp³-hybridized carbons (Fsp3) is 0.143. The van der Waals surface area contributed by atoms with Crippen molar-refractivity contribution in [1.29, 1.82) is 0 Å². The second-order valence-corrected chi connectivity index (χ2v) is 4.19. The number of aryl methyl sites for hydroxylation is 2. The van der Waals surface area contributed by atoms with Crippen molar-refractivity contribution < 1.29 is 4.57 Å². The summed E-state index contributed by atoms with van der Waals surface area (Å²) < 4.78 is 4.09. The third-order valence-corrected chi connectivity index (χ3v) is 2.99. The molecule has 0 N–H and O–H groups in total. The zero-order valence-electron chi connectivity index (χ0n) is 9.96. The Labute approximate surface area is 99.9 Å². The minimum atomic E-state index is 1.06. The molecule has 0 bridgehead atoms. The maximum atomic E-state index is 4.62. The van der Waals surface area contributed by atoms with Crippen LogP contribution in [0.5, 0.6) is 0 Å². The fourth-order valence-corrected chi connectivity index (χ4v) is 2.15. The summed E-state index contributed by atoms with van der Waals surface area (Å²) in [5.41, 5.74) is 3.27. The number of benzene rings is 1. The van der Waals surface area contributed by atoms with Crippen molar-refractivity contribution >= 4 is 11.0 Å². The number of rotatable bonds is 1. The second kappa shape index (κ2) is 3.70. The number of hydrogen-bond donors (Lipinski definition) is 0. The van der Waals surface area contributed by atoms with Gasteiger partial charge in [-0.3, -0.25) is 0 Å². The first-order chi connectivity index (χ1) is 8.27. The Balaban J connectivity index is 2.38. The Morgan fingerprint density at radius 1 is 1.06 bits per heavy atom. The molecule has 17 heavy (non-hydrogen) atoms. The van der Waals surface area contributed by atoms with Crippen LogP contribution >= 0.6 is 0 Å². The maximum Gasteiger partial charge on any atom is 0.316 e. The molecule has 3 heteroatoms.